The van der Waals surface area contributed by atoms with Gasteiger partial charge in [-0.05, 0) is 50.1 Å². The van der Waals surface area contributed by atoms with Gasteiger partial charge >= 0.3 is 0 Å². The predicted octanol–water partition coefficient (Wildman–Crippen LogP) is 3.10. The number of thioether (sulfide) groups is 1. The molecule has 0 saturated carbocycles. The summed E-state index contributed by atoms with van der Waals surface area (Å²) in [5.41, 5.74) is 3.30. The molecule has 3 aromatic heterocycles. The van der Waals surface area contributed by atoms with E-state index in [2.05, 4.69) is 25.6 Å². The molecule has 0 aliphatic rings. The van der Waals surface area contributed by atoms with Crippen molar-refractivity contribution >= 4 is 34.3 Å². The van der Waals surface area contributed by atoms with Gasteiger partial charge in [-0.25, -0.2) is 9.36 Å². The van der Waals surface area contributed by atoms with Crippen molar-refractivity contribution in [2.45, 2.75) is 38.1 Å². The van der Waals surface area contributed by atoms with E-state index in [1.165, 1.54) is 16.4 Å². The van der Waals surface area contributed by atoms with E-state index in [0.29, 0.717) is 11.1 Å². The van der Waals surface area contributed by atoms with Crippen LogP contribution >= 0.6 is 11.8 Å². The summed E-state index contributed by atoms with van der Waals surface area (Å²) >= 11 is 1.28. The van der Waals surface area contributed by atoms with Gasteiger partial charge in [0.05, 0.1) is 22.1 Å². The highest BCUT2D eigenvalue weighted by Gasteiger charge is 2.27. The summed E-state index contributed by atoms with van der Waals surface area (Å²) in [6.45, 7) is 7.80. The molecular weight excluding hydrogens is 412 g/mol. The first-order valence-electron chi connectivity index (χ1n) is 9.90. The van der Waals surface area contributed by atoms with E-state index < -0.39 is 5.25 Å². The predicted molar refractivity (Wildman–Crippen MR) is 122 cm³/mol. The number of nitrogens with two attached hydrogens (primary N) is 1. The Balaban J connectivity index is 1.59. The number of hydrogen-bond acceptors (Lipinski definition) is 7. The first-order valence-corrected chi connectivity index (χ1v) is 10.8. The smallest absolute Gasteiger partial charge is 0.271 e. The third kappa shape index (κ3) is 4.11. The Morgan fingerprint density at radius 2 is 1.97 bits per heavy atom. The van der Waals surface area contributed by atoms with Crippen LogP contribution in [0.2, 0.25) is 0 Å². The SMILES string of the molecule is Cc1cc(C)n(-c2nnc(SC(C(=O)Nc3cccc4ncccc34)C(C)C)n2N)n1. The largest absolute Gasteiger partial charge is 0.334 e. The van der Waals surface area contributed by atoms with Crippen LogP contribution in [0.25, 0.3) is 16.9 Å². The molecule has 9 nitrogen and oxygen atoms in total. The topological polar surface area (TPSA) is 117 Å². The maximum Gasteiger partial charge on any atom is 0.271 e. The molecule has 1 atom stereocenters. The maximum absolute atomic E-state index is 13.2. The van der Waals surface area contributed by atoms with Crippen LogP contribution in [0.1, 0.15) is 25.2 Å². The van der Waals surface area contributed by atoms with Crippen molar-refractivity contribution in [2.24, 2.45) is 5.92 Å². The molecule has 0 bridgehead atoms. The first kappa shape index (κ1) is 20.9. The number of carbonyl (C=O) groups excluding carboxylic acids is 1. The van der Waals surface area contributed by atoms with Crippen LogP contribution in [0, 0.1) is 19.8 Å². The molecule has 0 radical (unpaired) electrons. The zero-order chi connectivity index (χ0) is 22.1. The monoisotopic (exact) mass is 436 g/mol. The number of pyridine rings is 1. The fraction of sp³-hybridized carbons (Fsp3) is 0.286. The van der Waals surface area contributed by atoms with Crippen molar-refractivity contribution in [3.63, 3.8) is 0 Å². The average molecular weight is 437 g/mol. The van der Waals surface area contributed by atoms with Gasteiger partial charge in [0.2, 0.25) is 11.1 Å². The average Bonchev–Trinajstić information content (AvgIpc) is 3.26. The standard InChI is InChI=1S/C21H24N8OS/c1-12(2)18(19(30)24-17-9-5-8-16-15(17)7-6-10-23-16)31-21-26-25-20(28(21)22)29-14(4)11-13(3)27-29/h5-12,18H,22H2,1-4H3,(H,24,30). The van der Waals surface area contributed by atoms with Gasteiger partial charge in [0.1, 0.15) is 0 Å². The van der Waals surface area contributed by atoms with Gasteiger partial charge in [-0.1, -0.05) is 31.7 Å². The summed E-state index contributed by atoms with van der Waals surface area (Å²) < 4.78 is 3.01. The number of fused-ring (bicyclic) bond motifs is 1. The molecule has 0 aliphatic heterocycles. The van der Waals surface area contributed by atoms with Crippen LogP contribution < -0.4 is 11.2 Å². The van der Waals surface area contributed by atoms with Crippen LogP contribution in [0.3, 0.4) is 0 Å². The molecule has 160 valence electrons. The number of aryl methyl sites for hydroxylation is 2. The molecule has 0 saturated heterocycles. The minimum Gasteiger partial charge on any atom is -0.334 e. The summed E-state index contributed by atoms with van der Waals surface area (Å²) in [5.74, 6) is 6.56. The lowest BCUT2D eigenvalue weighted by atomic mass is 10.1. The number of nitrogens with one attached hydrogen (secondary N) is 1. The number of nitrogens with zero attached hydrogens (tertiary/aromatic N) is 6. The number of nitrogen functional groups attached to an aromatic ring is 1. The van der Waals surface area contributed by atoms with Gasteiger partial charge in [-0.3, -0.25) is 9.78 Å². The van der Waals surface area contributed by atoms with Crippen LogP contribution in [0.4, 0.5) is 5.69 Å². The first-order chi connectivity index (χ1) is 14.8. The van der Waals surface area contributed by atoms with Crippen molar-refractivity contribution in [3.8, 4) is 5.95 Å². The molecule has 0 fully saturated rings. The number of rotatable bonds is 6. The van der Waals surface area contributed by atoms with Crippen LogP contribution in [0.5, 0.6) is 0 Å². The molecule has 3 heterocycles. The van der Waals surface area contributed by atoms with Crippen LogP contribution in [-0.4, -0.2) is 40.8 Å². The normalized spacial score (nSPS) is 12.4. The van der Waals surface area contributed by atoms with E-state index in [9.17, 15) is 4.79 Å². The summed E-state index contributed by atoms with van der Waals surface area (Å²) in [4.78, 5) is 17.5. The molecule has 0 aliphatic carbocycles. The highest BCUT2D eigenvalue weighted by Crippen LogP contribution is 2.29. The summed E-state index contributed by atoms with van der Waals surface area (Å²) in [7, 11) is 0. The minimum absolute atomic E-state index is 0.0342. The second-order valence-corrected chi connectivity index (χ2v) is 8.75. The number of amides is 1. The van der Waals surface area contributed by atoms with Crippen molar-refractivity contribution in [1.82, 2.24) is 29.6 Å². The van der Waals surface area contributed by atoms with Crippen molar-refractivity contribution < 1.29 is 4.79 Å². The number of carbonyl (C=O) groups is 1. The quantitative estimate of drug-likeness (QED) is 0.352. The zero-order valence-electron chi connectivity index (χ0n) is 17.8. The molecule has 10 heteroatoms. The molecule has 1 amide bonds. The maximum atomic E-state index is 13.2. The lowest BCUT2D eigenvalue weighted by molar-refractivity contribution is -0.116. The number of hydrogen-bond donors (Lipinski definition) is 2. The van der Waals surface area contributed by atoms with Crippen molar-refractivity contribution in [1.29, 1.82) is 0 Å². The fourth-order valence-electron chi connectivity index (χ4n) is 3.35. The Kier molecular flexibility index (Phi) is 5.64. The van der Waals surface area contributed by atoms with Gasteiger partial charge in [0.15, 0.2) is 0 Å². The second-order valence-electron chi connectivity index (χ2n) is 7.64. The zero-order valence-corrected chi connectivity index (χ0v) is 18.6. The Morgan fingerprint density at radius 1 is 1.16 bits per heavy atom. The van der Waals surface area contributed by atoms with Gasteiger partial charge in [0, 0.05) is 17.3 Å². The van der Waals surface area contributed by atoms with E-state index in [-0.39, 0.29) is 11.8 Å². The molecule has 0 spiro atoms. The van der Waals surface area contributed by atoms with Gasteiger partial charge in [-0.15, -0.1) is 10.2 Å². The van der Waals surface area contributed by atoms with Crippen LogP contribution in [0.15, 0.2) is 47.8 Å². The molecule has 31 heavy (non-hydrogen) atoms. The van der Waals surface area contributed by atoms with Crippen molar-refractivity contribution in [2.75, 3.05) is 11.2 Å². The summed E-state index contributed by atoms with van der Waals surface area (Å²) in [5, 5.41) is 16.7. The lowest BCUT2D eigenvalue weighted by Crippen LogP contribution is -2.30. The van der Waals surface area contributed by atoms with E-state index in [4.69, 9.17) is 5.84 Å². The fourth-order valence-corrected chi connectivity index (χ4v) is 4.30. The van der Waals surface area contributed by atoms with E-state index in [1.54, 1.807) is 10.9 Å². The van der Waals surface area contributed by atoms with Crippen molar-refractivity contribution in [3.05, 3.63) is 54.0 Å². The van der Waals surface area contributed by atoms with E-state index >= 15 is 0 Å². The number of anilines is 1. The van der Waals surface area contributed by atoms with E-state index in [0.717, 1.165) is 28.0 Å². The second kappa shape index (κ2) is 8.38. The number of aromatic nitrogens is 6. The lowest BCUT2D eigenvalue weighted by Gasteiger charge is -2.19. The third-order valence-electron chi connectivity index (χ3n) is 4.85. The third-order valence-corrected chi connectivity index (χ3v) is 6.35. The Morgan fingerprint density at radius 3 is 2.68 bits per heavy atom. The molecule has 1 unspecified atom stereocenters. The summed E-state index contributed by atoms with van der Waals surface area (Å²) in [6.07, 6.45) is 1.73. The Bertz CT molecular complexity index is 1240. The molecule has 4 aromatic rings. The van der Waals surface area contributed by atoms with E-state index in [1.807, 2.05) is 64.1 Å². The molecular formula is C21H24N8OS. The minimum atomic E-state index is -0.424. The van der Waals surface area contributed by atoms with Gasteiger partial charge < -0.3 is 11.2 Å². The summed E-state index contributed by atoms with van der Waals surface area (Å²) in [6, 6.07) is 11.4. The Hall–Kier alpha value is -3.40. The van der Waals surface area contributed by atoms with Gasteiger partial charge in [-0.2, -0.15) is 5.10 Å². The highest BCUT2D eigenvalue weighted by atomic mass is 32.2. The number of benzene rings is 1. The Labute approximate surface area is 184 Å². The highest BCUT2D eigenvalue weighted by molar-refractivity contribution is 8.00. The molecule has 1 aromatic carbocycles. The van der Waals surface area contributed by atoms with Gasteiger partial charge in [0.25, 0.3) is 5.95 Å². The molecule has 3 N–H and O–H groups in total. The molecule has 4 rings (SSSR count). The van der Waals surface area contributed by atoms with Crippen LogP contribution in [-0.2, 0) is 4.79 Å².